The Bertz CT molecular complexity index is 695. The van der Waals surface area contributed by atoms with Crippen molar-refractivity contribution in [3.8, 4) is 5.75 Å². The van der Waals surface area contributed by atoms with Gasteiger partial charge in [-0.1, -0.05) is 0 Å². The predicted molar refractivity (Wildman–Crippen MR) is 77.1 cm³/mol. The van der Waals surface area contributed by atoms with Gasteiger partial charge in [0.1, 0.15) is 15.6 Å². The van der Waals surface area contributed by atoms with Crippen LogP contribution in [0.15, 0.2) is 18.2 Å². The Labute approximate surface area is 118 Å². The van der Waals surface area contributed by atoms with Crippen LogP contribution in [0.25, 0.3) is 0 Å². The fourth-order valence-electron chi connectivity index (χ4n) is 2.18. The van der Waals surface area contributed by atoms with Gasteiger partial charge in [-0.3, -0.25) is 4.72 Å². The Morgan fingerprint density at radius 2 is 1.85 bits per heavy atom. The predicted octanol–water partition coefficient (Wildman–Crippen LogP) is 1.02. The fourth-order valence-corrected chi connectivity index (χ4v) is 5.53. The summed E-state index contributed by atoms with van der Waals surface area (Å²) in [5, 5.41) is 8.60. The highest BCUT2D eigenvalue weighted by atomic mass is 32.2. The van der Waals surface area contributed by atoms with Crippen molar-refractivity contribution in [1.29, 1.82) is 0 Å². The molecule has 0 radical (unpaired) electrons. The van der Waals surface area contributed by atoms with Gasteiger partial charge in [-0.2, -0.15) is 0 Å². The SMILES string of the molecule is Cc1cc(O)ccc1NS(=O)(=O)C1CCS(=O)(=O)CC1. The normalized spacial score (nSPS) is 19.6. The van der Waals surface area contributed by atoms with Gasteiger partial charge >= 0.3 is 0 Å². The summed E-state index contributed by atoms with van der Waals surface area (Å²) in [5.41, 5.74) is 1.01. The van der Waals surface area contributed by atoms with E-state index >= 15 is 0 Å². The van der Waals surface area contributed by atoms with Crippen molar-refractivity contribution >= 4 is 25.5 Å². The molecule has 1 heterocycles. The van der Waals surface area contributed by atoms with Crippen LogP contribution < -0.4 is 4.72 Å². The monoisotopic (exact) mass is 319 g/mol. The number of phenols is 1. The number of sulfone groups is 1. The van der Waals surface area contributed by atoms with Gasteiger partial charge in [-0.05, 0) is 43.5 Å². The number of hydrogen-bond donors (Lipinski definition) is 2. The van der Waals surface area contributed by atoms with Crippen LogP contribution in [0.3, 0.4) is 0 Å². The minimum Gasteiger partial charge on any atom is -0.508 e. The molecule has 1 aromatic carbocycles. The van der Waals surface area contributed by atoms with Crippen molar-refractivity contribution < 1.29 is 21.9 Å². The molecule has 1 aliphatic heterocycles. The van der Waals surface area contributed by atoms with E-state index in [2.05, 4.69) is 4.72 Å². The maximum absolute atomic E-state index is 12.2. The van der Waals surface area contributed by atoms with E-state index in [0.29, 0.717) is 11.3 Å². The van der Waals surface area contributed by atoms with E-state index in [0.717, 1.165) is 0 Å². The summed E-state index contributed by atoms with van der Waals surface area (Å²) < 4.78 is 49.6. The molecular weight excluding hydrogens is 302 g/mol. The highest BCUT2D eigenvalue weighted by Crippen LogP contribution is 2.25. The summed E-state index contributed by atoms with van der Waals surface area (Å²) >= 11 is 0. The Balaban J connectivity index is 2.16. The number of phenolic OH excluding ortho intramolecular Hbond substituents is 1. The molecule has 1 fully saturated rings. The number of nitrogens with one attached hydrogen (secondary N) is 1. The number of anilines is 1. The average molecular weight is 319 g/mol. The molecule has 0 saturated carbocycles. The van der Waals surface area contributed by atoms with E-state index in [1.54, 1.807) is 6.92 Å². The minimum absolute atomic E-state index is 0.0641. The third-order valence-corrected chi connectivity index (χ3v) is 6.97. The molecule has 6 nitrogen and oxygen atoms in total. The highest BCUT2D eigenvalue weighted by molar-refractivity contribution is 7.94. The minimum atomic E-state index is -3.62. The van der Waals surface area contributed by atoms with Crippen molar-refractivity contribution in [2.24, 2.45) is 0 Å². The van der Waals surface area contributed by atoms with E-state index in [1.165, 1.54) is 18.2 Å². The summed E-state index contributed by atoms with van der Waals surface area (Å²) in [6, 6.07) is 4.35. The number of sulfonamides is 1. The molecule has 8 heteroatoms. The number of benzene rings is 1. The van der Waals surface area contributed by atoms with Gasteiger partial charge in [0.15, 0.2) is 0 Å². The molecule has 0 bridgehead atoms. The molecule has 20 heavy (non-hydrogen) atoms. The Hall–Kier alpha value is -1.28. The van der Waals surface area contributed by atoms with Crippen LogP contribution in [0.4, 0.5) is 5.69 Å². The standard InChI is InChI=1S/C12H17NO5S2/c1-9-8-10(14)2-3-12(9)13-20(17,18)11-4-6-19(15,16)7-5-11/h2-3,8,11,13-14H,4-7H2,1H3. The van der Waals surface area contributed by atoms with Gasteiger partial charge in [0.25, 0.3) is 0 Å². The molecule has 0 atom stereocenters. The summed E-state index contributed by atoms with van der Waals surface area (Å²) in [6.07, 6.45) is 0.240. The lowest BCUT2D eigenvalue weighted by atomic mass is 10.2. The lowest BCUT2D eigenvalue weighted by molar-refractivity contribution is 0.475. The van der Waals surface area contributed by atoms with Crippen LogP contribution >= 0.6 is 0 Å². The smallest absolute Gasteiger partial charge is 0.235 e. The molecule has 0 spiro atoms. The molecule has 0 unspecified atom stereocenters. The lowest BCUT2D eigenvalue weighted by Gasteiger charge is -2.23. The first-order chi connectivity index (χ1) is 9.20. The molecule has 2 N–H and O–H groups in total. The number of rotatable bonds is 3. The van der Waals surface area contributed by atoms with Gasteiger partial charge in [-0.15, -0.1) is 0 Å². The average Bonchev–Trinajstić information content (AvgIpc) is 2.32. The van der Waals surface area contributed by atoms with Gasteiger partial charge < -0.3 is 5.11 Å². The van der Waals surface area contributed by atoms with Gasteiger partial charge in [0.05, 0.1) is 22.4 Å². The van der Waals surface area contributed by atoms with Crippen LogP contribution in [0.1, 0.15) is 18.4 Å². The zero-order valence-corrected chi connectivity index (χ0v) is 12.7. The van der Waals surface area contributed by atoms with Crippen LogP contribution in [-0.2, 0) is 19.9 Å². The van der Waals surface area contributed by atoms with Crippen LogP contribution in [0, 0.1) is 6.92 Å². The van der Waals surface area contributed by atoms with Crippen molar-refractivity contribution in [1.82, 2.24) is 0 Å². The van der Waals surface area contributed by atoms with E-state index in [4.69, 9.17) is 0 Å². The van der Waals surface area contributed by atoms with Crippen molar-refractivity contribution in [2.45, 2.75) is 25.0 Å². The first-order valence-electron chi connectivity index (χ1n) is 6.21. The van der Waals surface area contributed by atoms with Gasteiger partial charge in [-0.25, -0.2) is 16.8 Å². The zero-order chi connectivity index (χ0) is 15.0. The summed E-state index contributed by atoms with van der Waals surface area (Å²) in [4.78, 5) is 0. The second-order valence-corrected chi connectivity index (χ2v) is 9.26. The summed E-state index contributed by atoms with van der Waals surface area (Å²) in [7, 11) is -6.71. The topological polar surface area (TPSA) is 101 Å². The molecule has 112 valence electrons. The zero-order valence-electron chi connectivity index (χ0n) is 11.0. The number of hydrogen-bond acceptors (Lipinski definition) is 5. The fraction of sp³-hybridized carbons (Fsp3) is 0.500. The third kappa shape index (κ3) is 3.43. The molecule has 1 saturated heterocycles. The quantitative estimate of drug-likeness (QED) is 0.810. The molecule has 2 rings (SSSR count). The molecule has 0 aliphatic carbocycles. The number of aromatic hydroxyl groups is 1. The van der Waals surface area contributed by atoms with Crippen LogP contribution in [-0.4, -0.2) is 38.7 Å². The van der Waals surface area contributed by atoms with Crippen molar-refractivity contribution in [2.75, 3.05) is 16.2 Å². The molecule has 1 aromatic rings. The van der Waals surface area contributed by atoms with Crippen LogP contribution in [0.5, 0.6) is 5.75 Å². The molecule has 0 aromatic heterocycles. The third-order valence-electron chi connectivity index (χ3n) is 3.40. The second kappa shape index (κ2) is 5.25. The first-order valence-corrected chi connectivity index (χ1v) is 9.58. The van der Waals surface area contributed by atoms with Gasteiger partial charge in [0, 0.05) is 0 Å². The molecule has 1 aliphatic rings. The Morgan fingerprint density at radius 3 is 2.40 bits per heavy atom. The second-order valence-electron chi connectivity index (χ2n) is 5.00. The van der Waals surface area contributed by atoms with Gasteiger partial charge in [0.2, 0.25) is 10.0 Å². The molecule has 0 amide bonds. The first kappa shape index (κ1) is 15.1. The van der Waals surface area contributed by atoms with Crippen molar-refractivity contribution in [3.05, 3.63) is 23.8 Å². The maximum atomic E-state index is 12.2. The van der Waals surface area contributed by atoms with Crippen LogP contribution in [0.2, 0.25) is 0 Å². The van der Waals surface area contributed by atoms with E-state index in [-0.39, 0.29) is 30.1 Å². The summed E-state index contributed by atoms with van der Waals surface area (Å²) in [6.45, 7) is 1.68. The lowest BCUT2D eigenvalue weighted by Crippen LogP contribution is -2.36. The molecular formula is C12H17NO5S2. The largest absolute Gasteiger partial charge is 0.508 e. The maximum Gasteiger partial charge on any atom is 0.235 e. The van der Waals surface area contributed by atoms with E-state index in [9.17, 15) is 21.9 Å². The van der Waals surface area contributed by atoms with Crippen molar-refractivity contribution in [3.63, 3.8) is 0 Å². The van der Waals surface area contributed by atoms with E-state index in [1.807, 2.05) is 0 Å². The summed E-state index contributed by atoms with van der Waals surface area (Å²) in [5.74, 6) is -0.116. The highest BCUT2D eigenvalue weighted by Gasteiger charge is 2.32. The number of aryl methyl sites for hydroxylation is 1. The van der Waals surface area contributed by atoms with E-state index < -0.39 is 25.1 Å². The Kier molecular flexibility index (Phi) is 3.97. The Morgan fingerprint density at radius 1 is 1.25 bits per heavy atom.